The molecule has 0 aromatic carbocycles. The molecule has 1 aromatic rings. The molecule has 0 amide bonds. The number of hydrogen-bond donors (Lipinski definition) is 2. The lowest BCUT2D eigenvalue weighted by atomic mass is 9.94. The second-order valence-corrected chi connectivity index (χ2v) is 5.17. The van der Waals surface area contributed by atoms with E-state index in [1.165, 1.54) is 0 Å². The number of rotatable bonds is 2. The number of piperidine rings is 1. The fourth-order valence-corrected chi connectivity index (χ4v) is 2.43. The summed E-state index contributed by atoms with van der Waals surface area (Å²) in [5.74, 6) is 1.46. The van der Waals surface area contributed by atoms with E-state index < -0.39 is 0 Å². The highest BCUT2D eigenvalue weighted by Crippen LogP contribution is 2.23. The van der Waals surface area contributed by atoms with Crippen LogP contribution >= 0.6 is 0 Å². The van der Waals surface area contributed by atoms with Gasteiger partial charge >= 0.3 is 0 Å². The van der Waals surface area contributed by atoms with Crippen molar-refractivity contribution in [2.75, 3.05) is 31.2 Å². The van der Waals surface area contributed by atoms with E-state index in [-0.39, 0.29) is 0 Å². The summed E-state index contributed by atoms with van der Waals surface area (Å²) in [6, 6.07) is 4.34. The smallest absolute Gasteiger partial charge is 0.149 e. The summed E-state index contributed by atoms with van der Waals surface area (Å²) in [5, 5.41) is 3.50. The largest absolute Gasteiger partial charge is 0.396 e. The van der Waals surface area contributed by atoms with E-state index >= 15 is 0 Å². The molecule has 4 nitrogen and oxygen atoms in total. The van der Waals surface area contributed by atoms with Gasteiger partial charge in [0, 0.05) is 18.3 Å². The number of pyridine rings is 1. The van der Waals surface area contributed by atoms with E-state index in [4.69, 9.17) is 5.73 Å². The average Bonchev–Trinajstić information content (AvgIpc) is 2.27. The Morgan fingerprint density at radius 1 is 1.47 bits per heavy atom. The van der Waals surface area contributed by atoms with Crippen LogP contribution < -0.4 is 11.1 Å². The van der Waals surface area contributed by atoms with E-state index in [2.05, 4.69) is 29.2 Å². The van der Waals surface area contributed by atoms with Crippen molar-refractivity contribution in [2.45, 2.75) is 26.3 Å². The van der Waals surface area contributed by atoms with Gasteiger partial charge in [0.1, 0.15) is 5.82 Å². The first-order valence-corrected chi connectivity index (χ1v) is 6.24. The zero-order valence-corrected chi connectivity index (χ0v) is 10.9. The van der Waals surface area contributed by atoms with E-state index in [0.717, 1.165) is 36.7 Å². The molecular weight excluding hydrogens is 212 g/mol. The molecule has 1 fully saturated rings. The number of nitrogens with zero attached hydrogens (tertiary/aromatic N) is 2. The van der Waals surface area contributed by atoms with Gasteiger partial charge in [-0.25, -0.2) is 4.98 Å². The molecule has 17 heavy (non-hydrogen) atoms. The molecule has 3 N–H and O–H groups in total. The molecule has 1 saturated heterocycles. The highest BCUT2D eigenvalue weighted by atomic mass is 15.1. The number of hydrogen-bond acceptors (Lipinski definition) is 4. The van der Waals surface area contributed by atoms with Crippen molar-refractivity contribution in [3.05, 3.63) is 17.8 Å². The van der Waals surface area contributed by atoms with E-state index in [1.807, 2.05) is 19.1 Å². The summed E-state index contributed by atoms with van der Waals surface area (Å²) in [5.41, 5.74) is 7.68. The Labute approximate surface area is 103 Å². The van der Waals surface area contributed by atoms with Gasteiger partial charge < -0.3 is 16.0 Å². The Morgan fingerprint density at radius 2 is 2.24 bits per heavy atom. The summed E-state index contributed by atoms with van der Waals surface area (Å²) in [6.45, 7) is 6.53. The van der Waals surface area contributed by atoms with Gasteiger partial charge in [-0.1, -0.05) is 6.92 Å². The van der Waals surface area contributed by atoms with Gasteiger partial charge in [-0.05, 0) is 45.0 Å². The number of anilines is 2. The molecule has 0 bridgehead atoms. The number of nitrogens with one attached hydrogen (secondary N) is 1. The molecule has 2 unspecified atom stereocenters. The standard InChI is InChI=1S/C13H22N4/c1-9-8-17(3)7-6-12(9)16-13-11(14)5-4-10(2)15-13/h4-5,9,12H,6-8,14H2,1-3H3,(H,15,16). The van der Waals surface area contributed by atoms with Crippen molar-refractivity contribution in [3.8, 4) is 0 Å². The predicted molar refractivity (Wildman–Crippen MR) is 72.1 cm³/mol. The van der Waals surface area contributed by atoms with Crippen molar-refractivity contribution in [1.29, 1.82) is 0 Å². The Hall–Kier alpha value is -1.29. The number of nitrogen functional groups attached to an aromatic ring is 1. The fraction of sp³-hybridized carbons (Fsp3) is 0.615. The lowest BCUT2D eigenvalue weighted by Gasteiger charge is -2.35. The van der Waals surface area contributed by atoms with Crippen molar-refractivity contribution in [3.63, 3.8) is 0 Å². The minimum absolute atomic E-state index is 0.475. The second-order valence-electron chi connectivity index (χ2n) is 5.17. The van der Waals surface area contributed by atoms with Crippen LogP contribution in [0.2, 0.25) is 0 Å². The SMILES string of the molecule is Cc1ccc(N)c(NC2CCN(C)CC2C)n1. The summed E-state index contributed by atoms with van der Waals surface area (Å²) in [6.07, 6.45) is 1.15. The molecule has 4 heteroatoms. The molecule has 1 aliphatic heterocycles. The number of aryl methyl sites for hydroxylation is 1. The molecule has 2 rings (SSSR count). The molecule has 1 aliphatic rings. The third-order valence-corrected chi connectivity index (χ3v) is 3.50. The van der Waals surface area contributed by atoms with Crippen molar-refractivity contribution in [1.82, 2.24) is 9.88 Å². The molecule has 2 heterocycles. The van der Waals surface area contributed by atoms with Crippen LogP contribution in [0.1, 0.15) is 19.0 Å². The van der Waals surface area contributed by atoms with Crippen molar-refractivity contribution < 1.29 is 0 Å². The predicted octanol–water partition coefficient (Wildman–Crippen LogP) is 1.72. The topological polar surface area (TPSA) is 54.2 Å². The van der Waals surface area contributed by atoms with Crippen LogP contribution in [-0.4, -0.2) is 36.1 Å². The minimum Gasteiger partial charge on any atom is -0.396 e. The van der Waals surface area contributed by atoms with Gasteiger partial charge in [-0.15, -0.1) is 0 Å². The van der Waals surface area contributed by atoms with Gasteiger partial charge in [-0.2, -0.15) is 0 Å². The monoisotopic (exact) mass is 234 g/mol. The number of nitrogens with two attached hydrogens (primary N) is 1. The van der Waals surface area contributed by atoms with Crippen molar-refractivity contribution in [2.24, 2.45) is 5.92 Å². The van der Waals surface area contributed by atoms with Crippen LogP contribution in [0.3, 0.4) is 0 Å². The highest BCUT2D eigenvalue weighted by molar-refractivity contribution is 5.61. The third-order valence-electron chi connectivity index (χ3n) is 3.50. The van der Waals surface area contributed by atoms with Gasteiger partial charge in [0.05, 0.1) is 5.69 Å². The highest BCUT2D eigenvalue weighted by Gasteiger charge is 2.24. The first-order valence-electron chi connectivity index (χ1n) is 6.24. The van der Waals surface area contributed by atoms with Crippen LogP contribution in [0.5, 0.6) is 0 Å². The first kappa shape index (κ1) is 12.2. The Morgan fingerprint density at radius 3 is 2.94 bits per heavy atom. The first-order chi connectivity index (χ1) is 8.06. The van der Waals surface area contributed by atoms with Crippen LogP contribution in [0.4, 0.5) is 11.5 Å². The van der Waals surface area contributed by atoms with Gasteiger partial charge in [0.2, 0.25) is 0 Å². The molecular formula is C13H22N4. The molecule has 94 valence electrons. The summed E-state index contributed by atoms with van der Waals surface area (Å²) in [7, 11) is 2.17. The van der Waals surface area contributed by atoms with Crippen LogP contribution in [0.15, 0.2) is 12.1 Å². The quantitative estimate of drug-likeness (QED) is 0.818. The number of likely N-dealkylation sites (tertiary alicyclic amines) is 1. The Bertz CT molecular complexity index is 391. The Kier molecular flexibility index (Phi) is 3.52. The maximum absolute atomic E-state index is 5.94. The molecule has 0 radical (unpaired) electrons. The summed E-state index contributed by atoms with van der Waals surface area (Å²) < 4.78 is 0. The zero-order valence-electron chi connectivity index (χ0n) is 10.9. The minimum atomic E-state index is 0.475. The molecule has 0 saturated carbocycles. The zero-order chi connectivity index (χ0) is 12.4. The third kappa shape index (κ3) is 2.88. The molecule has 2 atom stereocenters. The van der Waals surface area contributed by atoms with E-state index in [0.29, 0.717) is 12.0 Å². The lowest BCUT2D eigenvalue weighted by molar-refractivity contribution is 0.206. The van der Waals surface area contributed by atoms with E-state index in [1.54, 1.807) is 0 Å². The average molecular weight is 234 g/mol. The fourth-order valence-electron chi connectivity index (χ4n) is 2.43. The number of aromatic nitrogens is 1. The van der Waals surface area contributed by atoms with Gasteiger partial charge in [-0.3, -0.25) is 0 Å². The molecule has 0 spiro atoms. The van der Waals surface area contributed by atoms with Crippen molar-refractivity contribution >= 4 is 11.5 Å². The summed E-state index contributed by atoms with van der Waals surface area (Å²) >= 11 is 0. The summed E-state index contributed by atoms with van der Waals surface area (Å²) in [4.78, 5) is 6.84. The van der Waals surface area contributed by atoms with E-state index in [9.17, 15) is 0 Å². The maximum atomic E-state index is 5.94. The lowest BCUT2D eigenvalue weighted by Crippen LogP contribution is -2.43. The maximum Gasteiger partial charge on any atom is 0.149 e. The van der Waals surface area contributed by atoms with Crippen LogP contribution in [0.25, 0.3) is 0 Å². The normalized spacial score (nSPS) is 25.8. The van der Waals surface area contributed by atoms with Gasteiger partial charge in [0.15, 0.2) is 0 Å². The second kappa shape index (κ2) is 4.92. The molecule has 1 aromatic heterocycles. The Balaban J connectivity index is 2.07. The van der Waals surface area contributed by atoms with Gasteiger partial charge in [0.25, 0.3) is 0 Å². The molecule has 0 aliphatic carbocycles. The van der Waals surface area contributed by atoms with Crippen LogP contribution in [-0.2, 0) is 0 Å². The van der Waals surface area contributed by atoms with Crippen LogP contribution in [0, 0.1) is 12.8 Å².